The van der Waals surface area contributed by atoms with Gasteiger partial charge in [0.15, 0.2) is 11.5 Å². The van der Waals surface area contributed by atoms with E-state index in [9.17, 15) is 14.4 Å². The fourth-order valence-electron chi connectivity index (χ4n) is 3.56. The average Bonchev–Trinajstić information content (AvgIpc) is 3.28. The maximum Gasteiger partial charge on any atom is 0.325 e. The summed E-state index contributed by atoms with van der Waals surface area (Å²) in [4.78, 5) is 43.3. The zero-order valence-corrected chi connectivity index (χ0v) is 15.2. The first-order valence-electron chi connectivity index (χ1n) is 9.02. The minimum atomic E-state index is -0.190. The van der Waals surface area contributed by atoms with Crippen molar-refractivity contribution >= 4 is 23.5 Å². The van der Waals surface area contributed by atoms with Crippen LogP contribution < -0.4 is 14.4 Å². The molecule has 4 amide bonds. The Hall–Kier alpha value is -2.97. The van der Waals surface area contributed by atoms with Crippen molar-refractivity contribution in [2.45, 2.75) is 6.92 Å². The summed E-state index contributed by atoms with van der Waals surface area (Å²) in [7, 11) is 0. The number of rotatable bonds is 3. The number of nitrogens with zero attached hydrogens (tertiary/aromatic N) is 4. The number of fused-ring (bicyclic) bond motifs is 1. The molecule has 1 aromatic rings. The third-order valence-electron chi connectivity index (χ3n) is 5.17. The summed E-state index contributed by atoms with van der Waals surface area (Å²) in [6.45, 7) is 4.88. The Morgan fingerprint density at radius 3 is 2.41 bits per heavy atom. The second-order valence-electron chi connectivity index (χ2n) is 6.78. The number of carbonyl (C=O) groups excluding carboxylic acids is 3. The van der Waals surface area contributed by atoms with Crippen molar-refractivity contribution in [3.05, 3.63) is 18.2 Å². The van der Waals surface area contributed by atoms with E-state index in [2.05, 4.69) is 0 Å². The minimum Gasteiger partial charge on any atom is -0.454 e. The van der Waals surface area contributed by atoms with Crippen LogP contribution in [0.3, 0.4) is 0 Å². The summed E-state index contributed by atoms with van der Waals surface area (Å²) in [5, 5.41) is 0. The number of carbonyl (C=O) groups is 3. The predicted molar refractivity (Wildman–Crippen MR) is 95.7 cm³/mol. The second-order valence-corrected chi connectivity index (χ2v) is 6.78. The van der Waals surface area contributed by atoms with Crippen molar-refractivity contribution in [1.82, 2.24) is 14.7 Å². The molecule has 144 valence electrons. The van der Waals surface area contributed by atoms with Crippen LogP contribution in [0.15, 0.2) is 18.2 Å². The number of hydrogen-bond acceptors (Lipinski definition) is 5. The fraction of sp³-hybridized carbons (Fsp3) is 0.500. The van der Waals surface area contributed by atoms with Gasteiger partial charge in [-0.05, 0) is 12.1 Å². The Bertz CT molecular complexity index is 775. The van der Waals surface area contributed by atoms with Gasteiger partial charge in [-0.3, -0.25) is 14.5 Å². The number of amides is 4. The quantitative estimate of drug-likeness (QED) is 0.762. The van der Waals surface area contributed by atoms with E-state index >= 15 is 0 Å². The first-order chi connectivity index (χ1) is 13.0. The average molecular weight is 374 g/mol. The molecule has 0 N–H and O–H groups in total. The molecule has 0 bridgehead atoms. The van der Waals surface area contributed by atoms with Gasteiger partial charge in [0.2, 0.25) is 18.6 Å². The van der Waals surface area contributed by atoms with Crippen LogP contribution in [0.1, 0.15) is 6.92 Å². The molecule has 0 spiro atoms. The third kappa shape index (κ3) is 3.36. The number of anilines is 1. The van der Waals surface area contributed by atoms with Crippen LogP contribution in [0.4, 0.5) is 10.5 Å². The lowest BCUT2D eigenvalue weighted by atomic mass is 10.2. The Kier molecular flexibility index (Phi) is 4.51. The van der Waals surface area contributed by atoms with E-state index in [1.165, 1.54) is 6.92 Å². The molecule has 0 aromatic heterocycles. The molecular weight excluding hydrogens is 352 g/mol. The van der Waals surface area contributed by atoms with E-state index in [1.807, 2.05) is 6.07 Å². The summed E-state index contributed by atoms with van der Waals surface area (Å²) >= 11 is 0. The Morgan fingerprint density at radius 1 is 0.963 bits per heavy atom. The highest BCUT2D eigenvalue weighted by Gasteiger charge is 2.33. The maximum atomic E-state index is 12.7. The first-order valence-corrected chi connectivity index (χ1v) is 9.02. The molecule has 0 radical (unpaired) electrons. The van der Waals surface area contributed by atoms with Crippen LogP contribution in [-0.2, 0) is 9.59 Å². The van der Waals surface area contributed by atoms with Crippen molar-refractivity contribution in [1.29, 1.82) is 0 Å². The standard InChI is InChI=1S/C18H22N4O5/c1-13(23)19-4-6-20(7-5-19)17(24)11-21-8-9-22(18(21)25)14-2-3-15-16(10-14)27-12-26-15/h2-3,10H,4-9,11-12H2,1H3. The van der Waals surface area contributed by atoms with Gasteiger partial charge in [0.05, 0.1) is 0 Å². The summed E-state index contributed by atoms with van der Waals surface area (Å²) in [5.74, 6) is 1.23. The zero-order chi connectivity index (χ0) is 19.0. The maximum absolute atomic E-state index is 12.7. The van der Waals surface area contributed by atoms with Gasteiger partial charge in [0.25, 0.3) is 0 Å². The van der Waals surface area contributed by atoms with E-state index in [1.54, 1.807) is 31.7 Å². The summed E-state index contributed by atoms with van der Waals surface area (Å²) < 4.78 is 10.7. The van der Waals surface area contributed by atoms with Crippen LogP contribution in [0.25, 0.3) is 0 Å². The number of piperazine rings is 1. The molecule has 3 aliphatic heterocycles. The Labute approximate surface area is 157 Å². The van der Waals surface area contributed by atoms with E-state index in [-0.39, 0.29) is 31.2 Å². The van der Waals surface area contributed by atoms with Crippen LogP contribution in [-0.4, -0.2) is 85.2 Å². The number of urea groups is 1. The van der Waals surface area contributed by atoms with Gasteiger partial charge >= 0.3 is 6.03 Å². The highest BCUT2D eigenvalue weighted by atomic mass is 16.7. The molecule has 3 aliphatic rings. The molecule has 2 saturated heterocycles. The van der Waals surface area contributed by atoms with E-state index < -0.39 is 0 Å². The smallest absolute Gasteiger partial charge is 0.325 e. The molecule has 9 nitrogen and oxygen atoms in total. The largest absolute Gasteiger partial charge is 0.454 e. The van der Waals surface area contributed by atoms with Gasteiger partial charge in [-0.15, -0.1) is 0 Å². The molecule has 3 heterocycles. The van der Waals surface area contributed by atoms with Crippen molar-refractivity contribution < 1.29 is 23.9 Å². The van der Waals surface area contributed by atoms with Gasteiger partial charge in [0.1, 0.15) is 6.54 Å². The first kappa shape index (κ1) is 17.4. The highest BCUT2D eigenvalue weighted by molar-refractivity contribution is 5.96. The normalized spacial score (nSPS) is 19.1. The molecule has 0 atom stereocenters. The molecule has 0 unspecified atom stereocenters. The lowest BCUT2D eigenvalue weighted by molar-refractivity contribution is -0.138. The van der Waals surface area contributed by atoms with Gasteiger partial charge in [-0.1, -0.05) is 0 Å². The van der Waals surface area contributed by atoms with Gasteiger partial charge in [0, 0.05) is 57.9 Å². The van der Waals surface area contributed by atoms with Crippen molar-refractivity contribution in [2.75, 3.05) is 57.5 Å². The van der Waals surface area contributed by atoms with Crippen LogP contribution in [0.5, 0.6) is 11.5 Å². The molecule has 9 heteroatoms. The molecule has 1 aromatic carbocycles. The molecule has 4 rings (SSSR count). The zero-order valence-electron chi connectivity index (χ0n) is 15.2. The summed E-state index contributed by atoms with van der Waals surface area (Å²) in [6, 6.07) is 5.20. The van der Waals surface area contributed by atoms with Crippen LogP contribution in [0.2, 0.25) is 0 Å². The van der Waals surface area contributed by atoms with Gasteiger partial charge in [-0.2, -0.15) is 0 Å². The topological polar surface area (TPSA) is 82.6 Å². The lowest BCUT2D eigenvalue weighted by Gasteiger charge is -2.34. The molecule has 0 saturated carbocycles. The SMILES string of the molecule is CC(=O)N1CCN(C(=O)CN2CCN(c3ccc4c(c3)OCO4)C2=O)CC1. The molecule has 27 heavy (non-hydrogen) atoms. The number of ether oxygens (including phenoxy) is 2. The Morgan fingerprint density at radius 2 is 1.67 bits per heavy atom. The minimum absolute atomic E-state index is 0.0242. The van der Waals surface area contributed by atoms with Gasteiger partial charge in [-0.25, -0.2) is 4.79 Å². The third-order valence-corrected chi connectivity index (χ3v) is 5.17. The van der Waals surface area contributed by atoms with E-state index in [0.29, 0.717) is 50.8 Å². The van der Waals surface area contributed by atoms with E-state index in [4.69, 9.17) is 9.47 Å². The van der Waals surface area contributed by atoms with E-state index in [0.717, 1.165) is 5.69 Å². The van der Waals surface area contributed by atoms with Crippen LogP contribution >= 0.6 is 0 Å². The van der Waals surface area contributed by atoms with Crippen molar-refractivity contribution in [2.24, 2.45) is 0 Å². The van der Waals surface area contributed by atoms with Crippen molar-refractivity contribution in [3.63, 3.8) is 0 Å². The second kappa shape index (κ2) is 6.98. The number of benzene rings is 1. The monoisotopic (exact) mass is 374 g/mol. The van der Waals surface area contributed by atoms with Crippen molar-refractivity contribution in [3.8, 4) is 11.5 Å². The molecular formula is C18H22N4O5. The Balaban J connectivity index is 1.35. The summed E-state index contributed by atoms with van der Waals surface area (Å²) in [6.07, 6.45) is 0. The number of hydrogen-bond donors (Lipinski definition) is 0. The molecule has 0 aliphatic carbocycles. The predicted octanol–water partition coefficient (Wildman–Crippen LogP) is 0.348. The fourth-order valence-corrected chi connectivity index (χ4v) is 3.56. The van der Waals surface area contributed by atoms with Gasteiger partial charge < -0.3 is 24.2 Å². The molecule has 2 fully saturated rings. The summed E-state index contributed by atoms with van der Waals surface area (Å²) in [5.41, 5.74) is 0.731. The van der Waals surface area contributed by atoms with Crippen LogP contribution in [0, 0.1) is 0 Å². The lowest BCUT2D eigenvalue weighted by Crippen LogP contribution is -2.52. The highest BCUT2D eigenvalue weighted by Crippen LogP contribution is 2.36.